The highest BCUT2D eigenvalue weighted by Crippen LogP contribution is 2.28. The second-order valence-electron chi connectivity index (χ2n) is 4.87. The Morgan fingerprint density at radius 2 is 2.14 bits per heavy atom. The summed E-state index contributed by atoms with van der Waals surface area (Å²) < 4.78 is 5.54. The third-order valence-electron chi connectivity index (χ3n) is 3.25. The van der Waals surface area contributed by atoms with Gasteiger partial charge in [0.2, 0.25) is 0 Å². The van der Waals surface area contributed by atoms with Crippen LogP contribution < -0.4 is 10.1 Å². The van der Waals surface area contributed by atoms with Gasteiger partial charge in [0.1, 0.15) is 5.75 Å². The summed E-state index contributed by atoms with van der Waals surface area (Å²) in [7, 11) is 0. The zero-order chi connectivity index (χ0) is 15.8. The fraction of sp³-hybridized carbons (Fsp3) is 0.533. The van der Waals surface area contributed by atoms with Crippen molar-refractivity contribution < 1.29 is 14.6 Å². The number of ether oxygens (including phenoxy) is 1. The van der Waals surface area contributed by atoms with Crippen molar-refractivity contribution in [3.63, 3.8) is 0 Å². The number of aliphatic hydroxyl groups excluding tert-OH is 1. The van der Waals surface area contributed by atoms with Crippen LogP contribution in [0.2, 0.25) is 10.0 Å². The number of nitrogens with one attached hydrogen (secondary N) is 1. The first-order valence-corrected chi connectivity index (χ1v) is 7.73. The molecule has 0 aliphatic carbocycles. The van der Waals surface area contributed by atoms with Crippen LogP contribution in [0.5, 0.6) is 5.75 Å². The topological polar surface area (TPSA) is 58.6 Å². The lowest BCUT2D eigenvalue weighted by atomic mass is 10.0. The molecule has 1 aromatic rings. The van der Waals surface area contributed by atoms with E-state index < -0.39 is 6.10 Å². The number of benzene rings is 1. The van der Waals surface area contributed by atoms with Gasteiger partial charge in [0.15, 0.2) is 6.10 Å². The smallest absolute Gasteiger partial charge is 0.260 e. The van der Waals surface area contributed by atoms with Gasteiger partial charge in [0.05, 0.1) is 5.02 Å². The van der Waals surface area contributed by atoms with Gasteiger partial charge in [-0.05, 0) is 37.5 Å². The Bertz CT molecular complexity index is 468. The first-order valence-electron chi connectivity index (χ1n) is 6.98. The van der Waals surface area contributed by atoms with Gasteiger partial charge in [-0.15, -0.1) is 0 Å². The van der Waals surface area contributed by atoms with Crippen molar-refractivity contribution in [2.24, 2.45) is 5.92 Å². The fourth-order valence-corrected chi connectivity index (χ4v) is 2.29. The van der Waals surface area contributed by atoms with Crippen molar-refractivity contribution >= 4 is 29.1 Å². The molecule has 1 rings (SSSR count). The molecule has 1 amide bonds. The average molecular weight is 334 g/mol. The zero-order valence-electron chi connectivity index (χ0n) is 12.2. The van der Waals surface area contributed by atoms with Crippen molar-refractivity contribution in [2.45, 2.75) is 32.8 Å². The zero-order valence-corrected chi connectivity index (χ0v) is 13.7. The fourth-order valence-electron chi connectivity index (χ4n) is 1.84. The van der Waals surface area contributed by atoms with Crippen LogP contribution in [0.3, 0.4) is 0 Å². The molecule has 2 N–H and O–H groups in total. The quantitative estimate of drug-likeness (QED) is 0.767. The number of carbonyl (C=O) groups excluding carboxylic acids is 1. The molecular weight excluding hydrogens is 313 g/mol. The highest BCUT2D eigenvalue weighted by molar-refractivity contribution is 6.35. The number of aliphatic hydroxyl groups is 1. The Morgan fingerprint density at radius 3 is 2.71 bits per heavy atom. The largest absolute Gasteiger partial charge is 0.479 e. The molecule has 0 aromatic heterocycles. The lowest BCUT2D eigenvalue weighted by Gasteiger charge is -2.18. The Balaban J connectivity index is 2.50. The summed E-state index contributed by atoms with van der Waals surface area (Å²) in [5, 5.41) is 12.6. The minimum absolute atomic E-state index is 0.126. The second-order valence-corrected chi connectivity index (χ2v) is 5.71. The van der Waals surface area contributed by atoms with Crippen molar-refractivity contribution in [3.8, 4) is 5.75 Å². The van der Waals surface area contributed by atoms with Gasteiger partial charge in [-0.25, -0.2) is 0 Å². The molecule has 1 aromatic carbocycles. The van der Waals surface area contributed by atoms with E-state index in [1.54, 1.807) is 25.1 Å². The minimum atomic E-state index is -0.657. The summed E-state index contributed by atoms with van der Waals surface area (Å²) >= 11 is 11.8. The molecule has 4 nitrogen and oxygen atoms in total. The molecule has 2 atom stereocenters. The predicted octanol–water partition coefficient (Wildman–Crippen LogP) is 3.29. The monoisotopic (exact) mass is 333 g/mol. The number of hydrogen-bond acceptors (Lipinski definition) is 3. The van der Waals surface area contributed by atoms with Crippen LogP contribution in [-0.2, 0) is 4.79 Å². The number of hydrogen-bond donors (Lipinski definition) is 2. The summed E-state index contributed by atoms with van der Waals surface area (Å²) in [6.45, 7) is 4.34. The van der Waals surface area contributed by atoms with E-state index in [0.29, 0.717) is 28.8 Å². The number of halogens is 2. The molecule has 0 radical (unpaired) electrons. The van der Waals surface area contributed by atoms with E-state index >= 15 is 0 Å². The maximum absolute atomic E-state index is 12.0. The summed E-state index contributed by atoms with van der Waals surface area (Å²) in [5.74, 6) is 0.480. The minimum Gasteiger partial charge on any atom is -0.479 e. The summed E-state index contributed by atoms with van der Waals surface area (Å²) in [6, 6.07) is 4.86. The van der Waals surface area contributed by atoms with Gasteiger partial charge in [0.25, 0.3) is 5.91 Å². The first-order chi connectivity index (χ1) is 9.97. The first kappa shape index (κ1) is 18.1. The Hall–Kier alpha value is -0.970. The molecule has 0 fully saturated rings. The van der Waals surface area contributed by atoms with Gasteiger partial charge < -0.3 is 15.2 Å². The summed E-state index contributed by atoms with van der Waals surface area (Å²) in [5.41, 5.74) is 0. The van der Waals surface area contributed by atoms with Crippen LogP contribution in [-0.4, -0.2) is 30.3 Å². The van der Waals surface area contributed by atoms with Gasteiger partial charge >= 0.3 is 0 Å². The van der Waals surface area contributed by atoms with Crippen LogP contribution in [0.1, 0.15) is 26.7 Å². The predicted molar refractivity (Wildman–Crippen MR) is 85.0 cm³/mol. The van der Waals surface area contributed by atoms with Crippen molar-refractivity contribution in [1.82, 2.24) is 5.32 Å². The molecule has 2 unspecified atom stereocenters. The van der Waals surface area contributed by atoms with Crippen LogP contribution in [0.25, 0.3) is 0 Å². The molecule has 118 valence electrons. The van der Waals surface area contributed by atoms with Gasteiger partial charge in [-0.3, -0.25) is 4.79 Å². The molecule has 6 heteroatoms. The molecular formula is C15H21Cl2NO3. The molecule has 0 aliphatic heterocycles. The van der Waals surface area contributed by atoms with E-state index in [1.807, 2.05) is 6.92 Å². The van der Waals surface area contributed by atoms with Gasteiger partial charge in [0, 0.05) is 18.2 Å². The third kappa shape index (κ3) is 6.12. The Labute approximate surface area is 135 Å². The Morgan fingerprint density at radius 1 is 1.43 bits per heavy atom. The summed E-state index contributed by atoms with van der Waals surface area (Å²) in [4.78, 5) is 12.0. The van der Waals surface area contributed by atoms with Crippen molar-refractivity contribution in [3.05, 3.63) is 28.2 Å². The third-order valence-corrected chi connectivity index (χ3v) is 3.78. The maximum Gasteiger partial charge on any atom is 0.260 e. The number of amides is 1. The number of rotatable bonds is 8. The highest BCUT2D eigenvalue weighted by atomic mass is 35.5. The lowest BCUT2D eigenvalue weighted by Crippen LogP contribution is -2.39. The molecule has 0 heterocycles. The van der Waals surface area contributed by atoms with E-state index in [1.165, 1.54) is 0 Å². The van der Waals surface area contributed by atoms with E-state index in [4.69, 9.17) is 33.0 Å². The number of carbonyl (C=O) groups is 1. The molecule has 0 bridgehead atoms. The highest BCUT2D eigenvalue weighted by Gasteiger charge is 2.17. The van der Waals surface area contributed by atoms with Crippen LogP contribution in [0.4, 0.5) is 0 Å². The standard InChI is InChI=1S/C15H21Cl2NO3/c1-3-11(6-7-19)9-18-15(20)10(2)21-14-5-4-12(16)8-13(14)17/h4-5,8,10-11,19H,3,6-7,9H2,1-2H3,(H,18,20). The van der Waals surface area contributed by atoms with E-state index in [0.717, 1.165) is 6.42 Å². The Kier molecular flexibility index (Phi) is 7.86. The van der Waals surface area contributed by atoms with E-state index in [2.05, 4.69) is 5.32 Å². The van der Waals surface area contributed by atoms with Crippen LogP contribution in [0.15, 0.2) is 18.2 Å². The molecule has 21 heavy (non-hydrogen) atoms. The summed E-state index contributed by atoms with van der Waals surface area (Å²) in [6.07, 6.45) is 0.920. The van der Waals surface area contributed by atoms with Crippen molar-refractivity contribution in [1.29, 1.82) is 0 Å². The average Bonchev–Trinajstić information content (AvgIpc) is 2.45. The van der Waals surface area contributed by atoms with Crippen LogP contribution in [0, 0.1) is 5.92 Å². The van der Waals surface area contributed by atoms with E-state index in [-0.39, 0.29) is 18.4 Å². The molecule has 0 saturated heterocycles. The second kappa shape index (κ2) is 9.13. The maximum atomic E-state index is 12.0. The lowest BCUT2D eigenvalue weighted by molar-refractivity contribution is -0.127. The van der Waals surface area contributed by atoms with Gasteiger partial charge in [-0.1, -0.05) is 36.5 Å². The SMILES string of the molecule is CCC(CCO)CNC(=O)C(C)Oc1ccc(Cl)cc1Cl. The normalized spacial score (nSPS) is 13.6. The van der Waals surface area contributed by atoms with Gasteiger partial charge in [-0.2, -0.15) is 0 Å². The van der Waals surface area contributed by atoms with E-state index in [9.17, 15) is 4.79 Å². The van der Waals surface area contributed by atoms with Crippen molar-refractivity contribution in [2.75, 3.05) is 13.2 Å². The van der Waals surface area contributed by atoms with Crippen LogP contribution >= 0.6 is 23.2 Å². The molecule has 0 aliphatic rings. The molecule has 0 saturated carbocycles. The molecule has 0 spiro atoms.